The number of ketones is 2. The zero-order chi connectivity index (χ0) is 18.0. The maximum absolute atomic E-state index is 12.8. The first-order valence-corrected chi connectivity index (χ1v) is 8.11. The van der Waals surface area contributed by atoms with Crippen molar-refractivity contribution in [1.82, 2.24) is 4.90 Å². The molecule has 128 valence electrons. The molecule has 0 aromatic heterocycles. The summed E-state index contributed by atoms with van der Waals surface area (Å²) in [5.74, 6) is -0.629. The molecule has 0 saturated heterocycles. The van der Waals surface area contributed by atoms with Crippen LogP contribution in [-0.2, 0) is 17.8 Å². The van der Waals surface area contributed by atoms with Gasteiger partial charge in [0.1, 0.15) is 6.61 Å². The van der Waals surface area contributed by atoms with E-state index in [4.69, 9.17) is 5.11 Å². The third-order valence-electron chi connectivity index (χ3n) is 4.37. The minimum Gasteiger partial charge on any atom is -0.388 e. The van der Waals surface area contributed by atoms with Crippen molar-refractivity contribution in [2.75, 3.05) is 13.2 Å². The number of carbonyl (C=O) groups excluding carboxylic acids is 3. The van der Waals surface area contributed by atoms with Crippen molar-refractivity contribution in [3.63, 3.8) is 0 Å². The van der Waals surface area contributed by atoms with Crippen molar-refractivity contribution in [2.24, 2.45) is 0 Å². The fraction of sp³-hybridized carbons (Fsp3) is 0.250. The molecule has 0 spiro atoms. The zero-order valence-corrected chi connectivity index (χ0v) is 14.0. The number of rotatable bonds is 3. The summed E-state index contributed by atoms with van der Waals surface area (Å²) in [5.41, 5.74) is 3.56. The standard InChI is InChI=1S/C20H19NO4/c1-13-2-4-14(5-3-13)20(25)21-10-17-8-16(19(24)12-22)7-6-15(17)9-18(23)11-21/h2-8,22H,9-12H2,1H3. The molecule has 1 heterocycles. The first kappa shape index (κ1) is 17.0. The van der Waals surface area contributed by atoms with Gasteiger partial charge in [-0.25, -0.2) is 0 Å². The van der Waals surface area contributed by atoms with Crippen molar-refractivity contribution >= 4 is 17.5 Å². The molecule has 1 aliphatic rings. The third kappa shape index (κ3) is 3.67. The zero-order valence-electron chi connectivity index (χ0n) is 14.0. The average molecular weight is 337 g/mol. The molecule has 0 aliphatic carbocycles. The van der Waals surface area contributed by atoms with Gasteiger partial charge in [0.2, 0.25) is 0 Å². The van der Waals surface area contributed by atoms with Crippen molar-refractivity contribution in [2.45, 2.75) is 19.9 Å². The number of fused-ring (bicyclic) bond motifs is 1. The second kappa shape index (κ2) is 6.99. The number of aryl methyl sites for hydroxylation is 1. The van der Waals surface area contributed by atoms with Crippen LogP contribution in [0.1, 0.15) is 37.4 Å². The second-order valence-electron chi connectivity index (χ2n) is 6.31. The van der Waals surface area contributed by atoms with E-state index in [0.717, 1.165) is 16.7 Å². The first-order chi connectivity index (χ1) is 12.0. The topological polar surface area (TPSA) is 74.7 Å². The molecule has 1 N–H and O–H groups in total. The number of hydrogen-bond acceptors (Lipinski definition) is 4. The third-order valence-corrected chi connectivity index (χ3v) is 4.37. The molecule has 5 heteroatoms. The van der Waals surface area contributed by atoms with Crippen LogP contribution in [0.25, 0.3) is 0 Å². The fourth-order valence-corrected chi connectivity index (χ4v) is 2.98. The van der Waals surface area contributed by atoms with E-state index < -0.39 is 6.61 Å². The summed E-state index contributed by atoms with van der Waals surface area (Å²) in [6.45, 7) is 1.69. The van der Waals surface area contributed by atoms with Gasteiger partial charge in [-0.05, 0) is 36.2 Å². The van der Waals surface area contributed by atoms with Crippen LogP contribution in [0.5, 0.6) is 0 Å². The molecule has 0 bridgehead atoms. The lowest BCUT2D eigenvalue weighted by Gasteiger charge is -2.20. The largest absolute Gasteiger partial charge is 0.388 e. The molecule has 5 nitrogen and oxygen atoms in total. The summed E-state index contributed by atoms with van der Waals surface area (Å²) < 4.78 is 0. The van der Waals surface area contributed by atoms with Gasteiger partial charge in [0.05, 0.1) is 6.54 Å². The van der Waals surface area contributed by atoms with Crippen LogP contribution < -0.4 is 0 Å². The summed E-state index contributed by atoms with van der Waals surface area (Å²) in [4.78, 5) is 38.2. The van der Waals surface area contributed by atoms with Crippen molar-refractivity contribution in [3.05, 3.63) is 70.3 Å². The highest BCUT2D eigenvalue weighted by Gasteiger charge is 2.25. The first-order valence-electron chi connectivity index (χ1n) is 8.11. The Morgan fingerprint density at radius 2 is 1.68 bits per heavy atom. The number of carbonyl (C=O) groups is 3. The number of aliphatic hydroxyl groups excluding tert-OH is 1. The smallest absolute Gasteiger partial charge is 0.254 e. The predicted octanol–water partition coefficient (Wildman–Crippen LogP) is 1.94. The van der Waals surface area contributed by atoms with E-state index in [1.165, 1.54) is 4.90 Å². The van der Waals surface area contributed by atoms with Gasteiger partial charge in [0, 0.05) is 24.1 Å². The molecule has 1 aliphatic heterocycles. The van der Waals surface area contributed by atoms with Gasteiger partial charge in [-0.2, -0.15) is 0 Å². The Bertz CT molecular complexity index is 839. The number of aliphatic hydroxyl groups is 1. The van der Waals surface area contributed by atoms with Crippen LogP contribution in [-0.4, -0.2) is 40.6 Å². The quantitative estimate of drug-likeness (QED) is 0.869. The Balaban J connectivity index is 1.92. The molecule has 2 aromatic carbocycles. The number of nitrogens with zero attached hydrogens (tertiary/aromatic N) is 1. The highest BCUT2D eigenvalue weighted by atomic mass is 16.3. The van der Waals surface area contributed by atoms with Crippen molar-refractivity contribution in [1.29, 1.82) is 0 Å². The Labute approximate surface area is 145 Å². The molecule has 0 radical (unpaired) electrons. The Morgan fingerprint density at radius 3 is 2.36 bits per heavy atom. The number of benzene rings is 2. The molecule has 0 unspecified atom stereocenters. The molecule has 0 fully saturated rings. The molecule has 3 rings (SSSR count). The lowest BCUT2D eigenvalue weighted by Crippen LogP contribution is -2.34. The van der Waals surface area contributed by atoms with Crippen LogP contribution in [0.2, 0.25) is 0 Å². The van der Waals surface area contributed by atoms with Gasteiger partial charge in [-0.1, -0.05) is 29.8 Å². The molecule has 0 atom stereocenters. The van der Waals surface area contributed by atoms with Gasteiger partial charge in [0.15, 0.2) is 11.6 Å². The van der Waals surface area contributed by atoms with E-state index in [1.807, 2.05) is 19.1 Å². The summed E-state index contributed by atoms with van der Waals surface area (Å²) in [6, 6.07) is 12.2. The van der Waals surface area contributed by atoms with Crippen molar-refractivity contribution in [3.8, 4) is 0 Å². The minimum absolute atomic E-state index is 0.0413. The maximum atomic E-state index is 12.8. The Kier molecular flexibility index (Phi) is 4.76. The minimum atomic E-state index is -0.566. The molecule has 2 aromatic rings. The van der Waals surface area contributed by atoms with Crippen LogP contribution in [0, 0.1) is 6.92 Å². The predicted molar refractivity (Wildman–Crippen MR) is 92.5 cm³/mol. The Hall–Kier alpha value is -2.79. The van der Waals surface area contributed by atoms with E-state index in [2.05, 4.69) is 0 Å². The molecule has 1 amide bonds. The molecule has 25 heavy (non-hydrogen) atoms. The SMILES string of the molecule is Cc1ccc(C(=O)N2CC(=O)Cc3ccc(C(=O)CO)cc3C2)cc1. The number of Topliss-reactive ketones (excluding diaryl/α,β-unsaturated/α-hetero) is 2. The van der Waals surface area contributed by atoms with Gasteiger partial charge in [0.25, 0.3) is 5.91 Å². The van der Waals surface area contributed by atoms with Gasteiger partial charge in [-0.3, -0.25) is 14.4 Å². The van der Waals surface area contributed by atoms with Crippen LogP contribution in [0.15, 0.2) is 42.5 Å². The van der Waals surface area contributed by atoms with E-state index in [-0.39, 0.29) is 37.0 Å². The maximum Gasteiger partial charge on any atom is 0.254 e. The Morgan fingerprint density at radius 1 is 1.00 bits per heavy atom. The highest BCUT2D eigenvalue weighted by molar-refractivity contribution is 5.99. The number of hydrogen-bond donors (Lipinski definition) is 1. The van der Waals surface area contributed by atoms with Crippen LogP contribution in [0.4, 0.5) is 0 Å². The monoisotopic (exact) mass is 337 g/mol. The van der Waals surface area contributed by atoms with E-state index in [9.17, 15) is 14.4 Å². The van der Waals surface area contributed by atoms with Gasteiger partial charge < -0.3 is 10.0 Å². The molecular weight excluding hydrogens is 318 g/mol. The highest BCUT2D eigenvalue weighted by Crippen LogP contribution is 2.21. The van der Waals surface area contributed by atoms with Gasteiger partial charge >= 0.3 is 0 Å². The summed E-state index contributed by atoms with van der Waals surface area (Å²) >= 11 is 0. The van der Waals surface area contributed by atoms with Crippen molar-refractivity contribution < 1.29 is 19.5 Å². The van der Waals surface area contributed by atoms with E-state index in [1.54, 1.807) is 30.3 Å². The van der Waals surface area contributed by atoms with Crippen LogP contribution in [0.3, 0.4) is 0 Å². The van der Waals surface area contributed by atoms with E-state index >= 15 is 0 Å². The van der Waals surface area contributed by atoms with Gasteiger partial charge in [-0.15, -0.1) is 0 Å². The normalized spacial score (nSPS) is 14.0. The van der Waals surface area contributed by atoms with E-state index in [0.29, 0.717) is 11.1 Å². The molecule has 0 saturated carbocycles. The summed E-state index contributed by atoms with van der Waals surface area (Å²) in [5, 5.41) is 9.03. The lowest BCUT2D eigenvalue weighted by atomic mass is 9.99. The lowest BCUT2D eigenvalue weighted by molar-refractivity contribution is -0.118. The van der Waals surface area contributed by atoms with Crippen LogP contribution >= 0.6 is 0 Å². The number of amides is 1. The average Bonchev–Trinajstić information content (AvgIpc) is 2.78. The second-order valence-corrected chi connectivity index (χ2v) is 6.31. The molecular formula is C20H19NO4. The fourth-order valence-electron chi connectivity index (χ4n) is 2.98. The summed E-state index contributed by atoms with van der Waals surface area (Å²) in [7, 11) is 0. The summed E-state index contributed by atoms with van der Waals surface area (Å²) in [6.07, 6.45) is 0.237.